The molecular weight excluding hydrogens is 226 g/mol. The maximum atomic E-state index is 12.1. The van der Waals surface area contributed by atoms with Gasteiger partial charge in [-0.2, -0.15) is 5.10 Å². The third kappa shape index (κ3) is 2.21. The van der Waals surface area contributed by atoms with E-state index in [1.54, 1.807) is 0 Å². The van der Waals surface area contributed by atoms with Gasteiger partial charge in [-0.3, -0.25) is 14.7 Å². The van der Waals surface area contributed by atoms with Crippen molar-refractivity contribution in [2.75, 3.05) is 25.5 Å². The molecule has 0 bridgehead atoms. The van der Waals surface area contributed by atoms with Crippen molar-refractivity contribution in [3.8, 4) is 0 Å². The van der Waals surface area contributed by atoms with E-state index in [0.29, 0.717) is 13.2 Å². The first-order valence-electron chi connectivity index (χ1n) is 5.08. The van der Waals surface area contributed by atoms with Gasteiger partial charge in [0.1, 0.15) is 17.6 Å². The van der Waals surface area contributed by atoms with Crippen LogP contribution in [-0.4, -0.2) is 52.7 Å². The summed E-state index contributed by atoms with van der Waals surface area (Å²) in [5.41, 5.74) is 10.9. The number of amides is 2. The van der Waals surface area contributed by atoms with E-state index in [0.717, 1.165) is 0 Å². The maximum absolute atomic E-state index is 12.1. The zero-order valence-corrected chi connectivity index (χ0v) is 9.05. The number of nitrogen functional groups attached to an aromatic ring is 1. The highest BCUT2D eigenvalue weighted by molar-refractivity contribution is 5.96. The lowest BCUT2D eigenvalue weighted by molar-refractivity contribution is -0.127. The number of primary amides is 1. The van der Waals surface area contributed by atoms with Crippen molar-refractivity contribution in [3.63, 3.8) is 0 Å². The molecule has 1 aromatic rings. The molecular formula is C9H13N5O3. The van der Waals surface area contributed by atoms with Gasteiger partial charge in [0, 0.05) is 12.6 Å². The number of hydrogen-bond acceptors (Lipinski definition) is 5. The molecule has 2 amide bonds. The summed E-state index contributed by atoms with van der Waals surface area (Å²) in [6.07, 6.45) is 0. The van der Waals surface area contributed by atoms with Gasteiger partial charge in [0.05, 0.1) is 13.2 Å². The van der Waals surface area contributed by atoms with Crippen LogP contribution in [0, 0.1) is 0 Å². The Morgan fingerprint density at radius 3 is 2.94 bits per heavy atom. The SMILES string of the molecule is NC(=O)C1COCCN1C(=O)c1cc(N)n[nH]1. The topological polar surface area (TPSA) is 127 Å². The number of anilines is 1. The average Bonchev–Trinajstić information content (AvgIpc) is 2.75. The van der Waals surface area contributed by atoms with E-state index in [1.165, 1.54) is 11.0 Å². The first-order valence-corrected chi connectivity index (χ1v) is 5.08. The number of H-pyrrole nitrogens is 1. The summed E-state index contributed by atoms with van der Waals surface area (Å²) >= 11 is 0. The third-order valence-electron chi connectivity index (χ3n) is 2.55. The Hall–Kier alpha value is -2.09. The monoisotopic (exact) mass is 239 g/mol. The molecule has 17 heavy (non-hydrogen) atoms. The quantitative estimate of drug-likeness (QED) is 0.568. The summed E-state index contributed by atoms with van der Waals surface area (Å²) in [5.74, 6) is -0.732. The van der Waals surface area contributed by atoms with Crippen molar-refractivity contribution in [2.24, 2.45) is 5.73 Å². The van der Waals surface area contributed by atoms with Crippen LogP contribution >= 0.6 is 0 Å². The molecule has 0 spiro atoms. The van der Waals surface area contributed by atoms with Gasteiger partial charge in [-0.05, 0) is 0 Å². The number of carbonyl (C=O) groups is 2. The lowest BCUT2D eigenvalue weighted by atomic mass is 10.2. The highest BCUT2D eigenvalue weighted by Gasteiger charge is 2.32. The number of nitrogens with one attached hydrogen (secondary N) is 1. The van der Waals surface area contributed by atoms with Crippen molar-refractivity contribution in [1.82, 2.24) is 15.1 Å². The standard InChI is InChI=1S/C9H13N5O3/c10-7-3-5(12-13-7)9(16)14-1-2-17-4-6(14)8(11)15/h3,6H,1-2,4H2,(H2,11,15)(H3,10,12,13). The Bertz CT molecular complexity index is 444. The number of ether oxygens (including phenoxy) is 1. The molecule has 1 aromatic heterocycles. The molecule has 1 unspecified atom stereocenters. The minimum absolute atomic E-state index is 0.116. The predicted molar refractivity (Wildman–Crippen MR) is 57.8 cm³/mol. The zero-order chi connectivity index (χ0) is 12.4. The summed E-state index contributed by atoms with van der Waals surface area (Å²) in [7, 11) is 0. The molecule has 0 radical (unpaired) electrons. The Balaban J connectivity index is 2.19. The van der Waals surface area contributed by atoms with Gasteiger partial charge in [-0.25, -0.2) is 0 Å². The first-order chi connectivity index (χ1) is 8.09. The number of nitrogens with two attached hydrogens (primary N) is 2. The van der Waals surface area contributed by atoms with Crippen molar-refractivity contribution < 1.29 is 14.3 Å². The molecule has 1 aliphatic rings. The minimum atomic E-state index is -0.749. The van der Waals surface area contributed by atoms with Gasteiger partial charge in [-0.1, -0.05) is 0 Å². The number of aromatic nitrogens is 2. The van der Waals surface area contributed by atoms with Gasteiger partial charge in [0.2, 0.25) is 5.91 Å². The predicted octanol–water partition coefficient (Wildman–Crippen LogP) is -1.68. The first kappa shape index (κ1) is 11.4. The second-order valence-corrected chi connectivity index (χ2v) is 3.70. The Morgan fingerprint density at radius 2 is 2.35 bits per heavy atom. The molecule has 5 N–H and O–H groups in total. The van der Waals surface area contributed by atoms with E-state index in [9.17, 15) is 9.59 Å². The second-order valence-electron chi connectivity index (χ2n) is 3.70. The Morgan fingerprint density at radius 1 is 1.59 bits per heavy atom. The Kier molecular flexibility index (Phi) is 2.96. The minimum Gasteiger partial charge on any atom is -0.382 e. The summed E-state index contributed by atoms with van der Waals surface area (Å²) in [5, 5.41) is 6.16. The van der Waals surface area contributed by atoms with Crippen LogP contribution in [0.4, 0.5) is 5.82 Å². The molecule has 1 fully saturated rings. The van der Waals surface area contributed by atoms with Crippen LogP contribution in [0.15, 0.2) is 6.07 Å². The highest BCUT2D eigenvalue weighted by atomic mass is 16.5. The summed E-state index contributed by atoms with van der Waals surface area (Å²) in [6.45, 7) is 0.801. The number of aromatic amines is 1. The van der Waals surface area contributed by atoms with E-state index in [1.807, 2.05) is 0 Å². The molecule has 1 aliphatic heterocycles. The number of rotatable bonds is 2. The lowest BCUT2D eigenvalue weighted by Gasteiger charge is -2.33. The van der Waals surface area contributed by atoms with Crippen LogP contribution in [0.25, 0.3) is 0 Å². The van der Waals surface area contributed by atoms with Gasteiger partial charge >= 0.3 is 0 Å². The third-order valence-corrected chi connectivity index (χ3v) is 2.55. The van der Waals surface area contributed by atoms with Crippen LogP contribution in [-0.2, 0) is 9.53 Å². The van der Waals surface area contributed by atoms with Gasteiger partial charge < -0.3 is 21.1 Å². The lowest BCUT2D eigenvalue weighted by Crippen LogP contribution is -2.54. The van der Waals surface area contributed by atoms with Crippen molar-refractivity contribution in [1.29, 1.82) is 0 Å². The van der Waals surface area contributed by atoms with Crippen LogP contribution in [0.2, 0.25) is 0 Å². The molecule has 2 heterocycles. The number of morpholine rings is 1. The van der Waals surface area contributed by atoms with Crippen LogP contribution in [0.1, 0.15) is 10.5 Å². The molecule has 0 saturated carbocycles. The average molecular weight is 239 g/mol. The van der Waals surface area contributed by atoms with E-state index in [2.05, 4.69) is 10.2 Å². The molecule has 2 rings (SSSR count). The van der Waals surface area contributed by atoms with Crippen LogP contribution in [0.5, 0.6) is 0 Å². The number of hydrogen-bond donors (Lipinski definition) is 3. The fourth-order valence-electron chi connectivity index (χ4n) is 1.68. The number of nitrogens with zero attached hydrogens (tertiary/aromatic N) is 2. The van der Waals surface area contributed by atoms with E-state index >= 15 is 0 Å². The zero-order valence-electron chi connectivity index (χ0n) is 9.05. The fourth-order valence-corrected chi connectivity index (χ4v) is 1.68. The van der Waals surface area contributed by atoms with Crippen LogP contribution in [0.3, 0.4) is 0 Å². The molecule has 1 saturated heterocycles. The van der Waals surface area contributed by atoms with Crippen molar-refractivity contribution in [3.05, 3.63) is 11.8 Å². The fraction of sp³-hybridized carbons (Fsp3) is 0.444. The number of carbonyl (C=O) groups excluding carboxylic acids is 2. The molecule has 0 aromatic carbocycles. The molecule has 1 atom stereocenters. The van der Waals surface area contributed by atoms with Crippen LogP contribution < -0.4 is 11.5 Å². The van der Waals surface area contributed by atoms with Crippen molar-refractivity contribution >= 4 is 17.6 Å². The smallest absolute Gasteiger partial charge is 0.272 e. The molecule has 92 valence electrons. The summed E-state index contributed by atoms with van der Waals surface area (Å²) in [6, 6.07) is 0.663. The normalized spacial score (nSPS) is 20.2. The van der Waals surface area contributed by atoms with Gasteiger partial charge in [0.25, 0.3) is 5.91 Å². The Labute approximate surface area is 96.9 Å². The molecule has 8 heteroatoms. The highest BCUT2D eigenvalue weighted by Crippen LogP contribution is 2.12. The van der Waals surface area contributed by atoms with Gasteiger partial charge in [-0.15, -0.1) is 0 Å². The van der Waals surface area contributed by atoms with Crippen molar-refractivity contribution in [2.45, 2.75) is 6.04 Å². The second kappa shape index (κ2) is 4.42. The van der Waals surface area contributed by atoms with E-state index in [4.69, 9.17) is 16.2 Å². The van der Waals surface area contributed by atoms with E-state index < -0.39 is 11.9 Å². The summed E-state index contributed by atoms with van der Waals surface area (Å²) < 4.78 is 5.12. The summed E-state index contributed by atoms with van der Waals surface area (Å²) in [4.78, 5) is 24.6. The molecule has 8 nitrogen and oxygen atoms in total. The largest absolute Gasteiger partial charge is 0.382 e. The van der Waals surface area contributed by atoms with E-state index in [-0.39, 0.29) is 24.0 Å². The maximum Gasteiger partial charge on any atom is 0.272 e. The van der Waals surface area contributed by atoms with Gasteiger partial charge in [0.15, 0.2) is 0 Å². The molecule has 0 aliphatic carbocycles.